The summed E-state index contributed by atoms with van der Waals surface area (Å²) in [4.78, 5) is 24.2. The van der Waals surface area contributed by atoms with Gasteiger partial charge in [0.2, 0.25) is 6.41 Å². The number of carbonyl (C=O) groups excluding carboxylic acids is 2. The van der Waals surface area contributed by atoms with Gasteiger partial charge in [0.05, 0.1) is 0 Å². The molecule has 0 heterocycles. The van der Waals surface area contributed by atoms with Gasteiger partial charge in [-0.25, -0.2) is 0 Å². The lowest BCUT2D eigenvalue weighted by atomic mass is 10.0. The average molecular weight is 231 g/mol. The third-order valence-electron chi connectivity index (χ3n) is 3.55. The quantitative estimate of drug-likeness (QED) is 0.589. The van der Waals surface area contributed by atoms with Gasteiger partial charge in [-0.05, 0) is 36.1 Å². The Hall–Kier alpha value is -1.64. The summed E-state index contributed by atoms with van der Waals surface area (Å²) >= 11 is 0. The van der Waals surface area contributed by atoms with Crippen LogP contribution in [0.3, 0.4) is 0 Å². The van der Waals surface area contributed by atoms with E-state index in [0.29, 0.717) is 0 Å². The zero-order chi connectivity index (χ0) is 12.6. The van der Waals surface area contributed by atoms with Crippen molar-refractivity contribution in [1.29, 1.82) is 0 Å². The number of hydrogen-bond acceptors (Lipinski definition) is 2. The highest BCUT2D eigenvalue weighted by molar-refractivity contribution is 6.00. The summed E-state index contributed by atoms with van der Waals surface area (Å²) in [7, 11) is 1.69. The molecule has 0 N–H and O–H groups in total. The number of nitrogens with zero attached hydrogens (tertiary/aromatic N) is 1. The van der Waals surface area contributed by atoms with Crippen molar-refractivity contribution >= 4 is 17.9 Å². The topological polar surface area (TPSA) is 37.4 Å². The Morgan fingerprint density at radius 2 is 1.88 bits per heavy atom. The highest BCUT2D eigenvalue weighted by Crippen LogP contribution is 2.53. The van der Waals surface area contributed by atoms with Crippen molar-refractivity contribution in [1.82, 2.24) is 0 Å². The number of ketones is 1. The molecule has 1 saturated carbocycles. The summed E-state index contributed by atoms with van der Waals surface area (Å²) in [6, 6.07) is 7.20. The fraction of sp³-hybridized carbons (Fsp3) is 0.429. The highest BCUT2D eigenvalue weighted by Gasteiger charge is 2.50. The molecule has 3 nitrogen and oxygen atoms in total. The molecule has 0 radical (unpaired) electrons. The molecule has 1 aromatic carbocycles. The van der Waals surface area contributed by atoms with Crippen molar-refractivity contribution < 1.29 is 9.59 Å². The SMILES string of the molecule is CN(C=O)c1ccc(C(=O)C2CC2(C)C)cc1. The van der Waals surface area contributed by atoms with Crippen molar-refractivity contribution in [2.75, 3.05) is 11.9 Å². The smallest absolute Gasteiger partial charge is 0.213 e. The summed E-state index contributed by atoms with van der Waals surface area (Å²) in [5.74, 6) is 0.382. The minimum Gasteiger partial charge on any atom is -0.318 e. The van der Waals surface area contributed by atoms with Crippen LogP contribution in [0.5, 0.6) is 0 Å². The zero-order valence-corrected chi connectivity index (χ0v) is 10.4. The fourth-order valence-electron chi connectivity index (χ4n) is 2.04. The van der Waals surface area contributed by atoms with Crippen LogP contribution >= 0.6 is 0 Å². The molecule has 1 aliphatic carbocycles. The van der Waals surface area contributed by atoms with Gasteiger partial charge in [-0.2, -0.15) is 0 Å². The van der Waals surface area contributed by atoms with E-state index in [9.17, 15) is 9.59 Å². The lowest BCUT2D eigenvalue weighted by Crippen LogP contribution is -2.14. The van der Waals surface area contributed by atoms with Gasteiger partial charge in [0.25, 0.3) is 0 Å². The van der Waals surface area contributed by atoms with Crippen molar-refractivity contribution in [3.8, 4) is 0 Å². The predicted molar refractivity (Wildman–Crippen MR) is 67.1 cm³/mol. The van der Waals surface area contributed by atoms with Crippen LogP contribution in [0.15, 0.2) is 24.3 Å². The second-order valence-corrected chi connectivity index (χ2v) is 5.37. The minimum absolute atomic E-state index is 0.162. The lowest BCUT2D eigenvalue weighted by molar-refractivity contribution is -0.107. The maximum atomic E-state index is 12.1. The van der Waals surface area contributed by atoms with Crippen LogP contribution in [0.4, 0.5) is 5.69 Å². The Balaban J connectivity index is 2.13. The van der Waals surface area contributed by atoms with Crippen molar-refractivity contribution in [2.45, 2.75) is 20.3 Å². The Kier molecular flexibility index (Phi) is 2.77. The Morgan fingerprint density at radius 1 is 1.35 bits per heavy atom. The van der Waals surface area contributed by atoms with E-state index in [0.717, 1.165) is 24.1 Å². The molecule has 0 aliphatic heterocycles. The van der Waals surface area contributed by atoms with Gasteiger partial charge >= 0.3 is 0 Å². The number of hydrogen-bond donors (Lipinski definition) is 0. The second kappa shape index (κ2) is 3.99. The molecular formula is C14H17NO2. The van der Waals surface area contributed by atoms with E-state index in [-0.39, 0.29) is 17.1 Å². The number of anilines is 1. The molecule has 1 atom stereocenters. The molecule has 1 aliphatic rings. The second-order valence-electron chi connectivity index (χ2n) is 5.37. The lowest BCUT2D eigenvalue weighted by Gasteiger charge is -2.11. The molecule has 0 aromatic heterocycles. The van der Waals surface area contributed by atoms with E-state index in [1.54, 1.807) is 31.3 Å². The minimum atomic E-state index is 0.162. The number of rotatable bonds is 4. The molecule has 1 unspecified atom stereocenters. The number of benzene rings is 1. The summed E-state index contributed by atoms with van der Waals surface area (Å²) in [5, 5.41) is 0. The van der Waals surface area contributed by atoms with E-state index in [4.69, 9.17) is 0 Å². The molecule has 1 fully saturated rings. The van der Waals surface area contributed by atoms with Crippen LogP contribution in [0.25, 0.3) is 0 Å². The number of carbonyl (C=O) groups is 2. The molecule has 1 amide bonds. The number of amides is 1. The molecule has 2 rings (SSSR count). The first-order chi connectivity index (χ1) is 7.95. The van der Waals surface area contributed by atoms with Crippen molar-refractivity contribution in [3.05, 3.63) is 29.8 Å². The van der Waals surface area contributed by atoms with Crippen LogP contribution < -0.4 is 4.90 Å². The molecule has 1 aromatic rings. The van der Waals surface area contributed by atoms with Gasteiger partial charge in [0.15, 0.2) is 5.78 Å². The fourth-order valence-corrected chi connectivity index (χ4v) is 2.04. The molecule has 3 heteroatoms. The average Bonchev–Trinajstić information content (AvgIpc) is 2.97. The van der Waals surface area contributed by atoms with E-state index in [2.05, 4.69) is 13.8 Å². The summed E-state index contributed by atoms with van der Waals surface area (Å²) in [6.45, 7) is 4.23. The molecule has 0 saturated heterocycles. The van der Waals surface area contributed by atoms with Crippen molar-refractivity contribution in [3.63, 3.8) is 0 Å². The first kappa shape index (κ1) is 11.8. The molecule has 17 heavy (non-hydrogen) atoms. The summed E-state index contributed by atoms with van der Waals surface area (Å²) < 4.78 is 0. The predicted octanol–water partition coefficient (Wildman–Crippen LogP) is 2.51. The third kappa shape index (κ3) is 2.23. The van der Waals surface area contributed by atoms with Crippen LogP contribution in [0.2, 0.25) is 0 Å². The van der Waals surface area contributed by atoms with Crippen LogP contribution in [0, 0.1) is 11.3 Å². The monoisotopic (exact) mass is 231 g/mol. The van der Waals surface area contributed by atoms with E-state index in [1.165, 1.54) is 4.90 Å². The summed E-state index contributed by atoms with van der Waals surface area (Å²) in [6.07, 6.45) is 1.72. The molecule has 0 spiro atoms. The van der Waals surface area contributed by atoms with Gasteiger partial charge in [0.1, 0.15) is 0 Å². The Morgan fingerprint density at radius 3 is 2.29 bits per heavy atom. The molecule has 90 valence electrons. The van der Waals surface area contributed by atoms with Crippen LogP contribution in [0.1, 0.15) is 30.6 Å². The standard InChI is InChI=1S/C14H17NO2/c1-14(2)8-12(14)13(17)10-4-6-11(7-5-10)15(3)9-16/h4-7,9,12H,8H2,1-3H3. The van der Waals surface area contributed by atoms with Gasteiger partial charge in [-0.15, -0.1) is 0 Å². The Labute approximate surface area is 101 Å². The zero-order valence-electron chi connectivity index (χ0n) is 10.4. The first-order valence-electron chi connectivity index (χ1n) is 5.78. The van der Waals surface area contributed by atoms with Crippen LogP contribution in [-0.4, -0.2) is 19.2 Å². The van der Waals surface area contributed by atoms with E-state index >= 15 is 0 Å². The third-order valence-corrected chi connectivity index (χ3v) is 3.55. The van der Waals surface area contributed by atoms with Gasteiger partial charge in [-0.1, -0.05) is 13.8 Å². The maximum Gasteiger partial charge on any atom is 0.213 e. The number of Topliss-reactive ketones (excluding diaryl/α,β-unsaturated/α-hetero) is 1. The van der Waals surface area contributed by atoms with Crippen LogP contribution in [-0.2, 0) is 4.79 Å². The molecule has 0 bridgehead atoms. The largest absolute Gasteiger partial charge is 0.318 e. The van der Waals surface area contributed by atoms with E-state index < -0.39 is 0 Å². The van der Waals surface area contributed by atoms with Gasteiger partial charge in [-0.3, -0.25) is 9.59 Å². The normalized spacial score (nSPS) is 20.8. The molecular weight excluding hydrogens is 214 g/mol. The first-order valence-corrected chi connectivity index (χ1v) is 5.78. The highest BCUT2D eigenvalue weighted by atomic mass is 16.1. The Bertz CT molecular complexity index is 448. The van der Waals surface area contributed by atoms with Gasteiger partial charge < -0.3 is 4.90 Å². The summed E-state index contributed by atoms with van der Waals surface area (Å²) in [5.41, 5.74) is 1.70. The maximum absolute atomic E-state index is 12.1. The van der Waals surface area contributed by atoms with E-state index in [1.807, 2.05) is 0 Å². The van der Waals surface area contributed by atoms with Crippen molar-refractivity contribution in [2.24, 2.45) is 11.3 Å². The van der Waals surface area contributed by atoms with Gasteiger partial charge in [0, 0.05) is 24.2 Å².